The summed E-state index contributed by atoms with van der Waals surface area (Å²) in [6.07, 6.45) is 0.181. The van der Waals surface area contributed by atoms with Crippen molar-refractivity contribution in [2.24, 2.45) is 0 Å². The molecule has 0 spiro atoms. The van der Waals surface area contributed by atoms with E-state index in [4.69, 9.17) is 16.9 Å². The number of hydrogen-bond acceptors (Lipinski definition) is 4. The lowest BCUT2D eigenvalue weighted by atomic mass is 10.2. The van der Waals surface area contributed by atoms with Gasteiger partial charge in [-0.15, -0.1) is 11.3 Å². The van der Waals surface area contributed by atoms with E-state index in [-0.39, 0.29) is 12.3 Å². The van der Waals surface area contributed by atoms with E-state index in [0.29, 0.717) is 16.3 Å². The highest BCUT2D eigenvalue weighted by atomic mass is 35.5. The number of halogens is 1. The molecular weight excluding hydrogens is 354 g/mol. The largest absolute Gasteiger partial charge is 0.326 e. The Hall–Kier alpha value is -2.68. The first kappa shape index (κ1) is 17.2. The van der Waals surface area contributed by atoms with Gasteiger partial charge in [0, 0.05) is 16.6 Å². The van der Waals surface area contributed by atoms with Gasteiger partial charge in [-0.3, -0.25) is 4.79 Å². The zero-order chi connectivity index (χ0) is 17.8. The van der Waals surface area contributed by atoms with E-state index in [9.17, 15) is 4.79 Å². The maximum absolute atomic E-state index is 12.2. The molecule has 4 nitrogen and oxygen atoms in total. The number of anilines is 1. The normalized spacial score (nSPS) is 10.3. The van der Waals surface area contributed by atoms with Gasteiger partial charge in [0.05, 0.1) is 22.7 Å². The summed E-state index contributed by atoms with van der Waals surface area (Å²) < 4.78 is 0. The van der Waals surface area contributed by atoms with Crippen molar-refractivity contribution in [1.29, 1.82) is 5.26 Å². The van der Waals surface area contributed by atoms with Crippen LogP contribution < -0.4 is 5.32 Å². The number of nitrogens with one attached hydrogen (secondary N) is 1. The molecule has 1 amide bonds. The number of benzene rings is 2. The molecule has 6 heteroatoms. The molecule has 3 aromatic rings. The first-order valence-corrected chi connectivity index (χ1v) is 8.82. The molecule has 0 aliphatic rings. The number of carbonyl (C=O) groups is 1. The van der Waals surface area contributed by atoms with Crippen molar-refractivity contribution >= 4 is 34.5 Å². The van der Waals surface area contributed by atoms with Gasteiger partial charge in [0.1, 0.15) is 11.1 Å². The molecule has 0 aliphatic heterocycles. The summed E-state index contributed by atoms with van der Waals surface area (Å²) >= 11 is 7.49. The summed E-state index contributed by atoms with van der Waals surface area (Å²) in [6, 6.07) is 14.9. The van der Waals surface area contributed by atoms with Crippen molar-refractivity contribution < 1.29 is 4.79 Å². The van der Waals surface area contributed by atoms with E-state index in [0.717, 1.165) is 16.3 Å². The maximum Gasteiger partial charge on any atom is 0.230 e. The Bertz CT molecular complexity index is 958. The number of thiazole rings is 1. The summed E-state index contributed by atoms with van der Waals surface area (Å²) in [5.41, 5.74) is 3.89. The SMILES string of the molecule is Cc1ccc(-c2nc(CC(=O)Nc3ccc(C#N)c(Cl)c3)cs2)cc1. The molecule has 1 N–H and O–H groups in total. The van der Waals surface area contributed by atoms with Gasteiger partial charge in [0.25, 0.3) is 0 Å². The third-order valence-electron chi connectivity index (χ3n) is 3.57. The number of aryl methyl sites for hydroxylation is 1. The molecule has 0 saturated carbocycles. The van der Waals surface area contributed by atoms with Crippen molar-refractivity contribution in [3.63, 3.8) is 0 Å². The minimum Gasteiger partial charge on any atom is -0.326 e. The molecule has 0 bridgehead atoms. The van der Waals surface area contributed by atoms with E-state index in [1.807, 2.05) is 42.6 Å². The van der Waals surface area contributed by atoms with E-state index in [1.54, 1.807) is 18.2 Å². The predicted octanol–water partition coefficient (Wildman–Crippen LogP) is 4.82. The van der Waals surface area contributed by atoms with Crippen LogP contribution in [0.2, 0.25) is 5.02 Å². The first-order chi connectivity index (χ1) is 12.0. The molecule has 0 atom stereocenters. The minimum atomic E-state index is -0.179. The molecule has 0 radical (unpaired) electrons. The lowest BCUT2D eigenvalue weighted by Crippen LogP contribution is -2.14. The number of hydrogen-bond donors (Lipinski definition) is 1. The second kappa shape index (κ2) is 7.47. The van der Waals surface area contributed by atoms with Crippen LogP contribution in [-0.4, -0.2) is 10.9 Å². The number of rotatable bonds is 4. The third-order valence-corrected chi connectivity index (χ3v) is 4.82. The van der Waals surface area contributed by atoms with Crippen LogP contribution in [0.3, 0.4) is 0 Å². The molecule has 0 fully saturated rings. The summed E-state index contributed by atoms with van der Waals surface area (Å²) in [7, 11) is 0. The Morgan fingerprint density at radius 2 is 2.04 bits per heavy atom. The van der Waals surface area contributed by atoms with Gasteiger partial charge in [-0.2, -0.15) is 5.26 Å². The average molecular weight is 368 g/mol. The topological polar surface area (TPSA) is 65.8 Å². The smallest absolute Gasteiger partial charge is 0.230 e. The van der Waals surface area contributed by atoms with E-state index < -0.39 is 0 Å². The lowest BCUT2D eigenvalue weighted by molar-refractivity contribution is -0.115. The van der Waals surface area contributed by atoms with Crippen molar-refractivity contribution in [3.05, 3.63) is 69.7 Å². The molecule has 3 rings (SSSR count). The molecular formula is C19H14ClN3OS. The van der Waals surface area contributed by atoms with Gasteiger partial charge in [-0.05, 0) is 25.1 Å². The quantitative estimate of drug-likeness (QED) is 0.718. The molecule has 0 saturated heterocycles. The van der Waals surface area contributed by atoms with Crippen molar-refractivity contribution in [2.75, 3.05) is 5.32 Å². The van der Waals surface area contributed by atoms with Gasteiger partial charge >= 0.3 is 0 Å². The van der Waals surface area contributed by atoms with Crippen LogP contribution in [0, 0.1) is 18.3 Å². The Balaban J connectivity index is 1.66. The first-order valence-electron chi connectivity index (χ1n) is 7.56. The molecule has 2 aromatic carbocycles. The number of nitrogens with zero attached hydrogens (tertiary/aromatic N) is 2. The van der Waals surface area contributed by atoms with Crippen LogP contribution in [0.1, 0.15) is 16.8 Å². The summed E-state index contributed by atoms with van der Waals surface area (Å²) in [5.74, 6) is -0.179. The maximum atomic E-state index is 12.2. The van der Waals surface area contributed by atoms with Crippen LogP contribution in [0.25, 0.3) is 10.6 Å². The van der Waals surface area contributed by atoms with Crippen molar-refractivity contribution in [2.45, 2.75) is 13.3 Å². The van der Waals surface area contributed by atoms with Gasteiger partial charge in [0.15, 0.2) is 0 Å². The van der Waals surface area contributed by atoms with Gasteiger partial charge in [-0.25, -0.2) is 4.98 Å². The number of carbonyl (C=O) groups excluding carboxylic acids is 1. The fraction of sp³-hybridized carbons (Fsp3) is 0.105. The van der Waals surface area contributed by atoms with Crippen molar-refractivity contribution in [3.8, 4) is 16.6 Å². The highest BCUT2D eigenvalue weighted by Crippen LogP contribution is 2.25. The summed E-state index contributed by atoms with van der Waals surface area (Å²) in [5, 5.41) is 14.7. The molecule has 0 unspecified atom stereocenters. The zero-order valence-electron chi connectivity index (χ0n) is 13.4. The van der Waals surface area contributed by atoms with Crippen LogP contribution >= 0.6 is 22.9 Å². The number of aromatic nitrogens is 1. The Morgan fingerprint density at radius 1 is 1.28 bits per heavy atom. The Morgan fingerprint density at radius 3 is 2.72 bits per heavy atom. The van der Waals surface area contributed by atoms with Crippen molar-refractivity contribution in [1.82, 2.24) is 4.98 Å². The van der Waals surface area contributed by atoms with Crippen LogP contribution in [0.15, 0.2) is 47.8 Å². The van der Waals surface area contributed by atoms with Crippen LogP contribution in [0.5, 0.6) is 0 Å². The summed E-state index contributed by atoms with van der Waals surface area (Å²) in [6.45, 7) is 2.04. The standard InChI is InChI=1S/C19H14ClN3OS/c1-12-2-4-13(5-3-12)19-23-16(11-25-19)9-18(24)22-15-7-6-14(10-21)17(20)8-15/h2-8,11H,9H2,1H3,(H,22,24). The molecule has 1 heterocycles. The highest BCUT2D eigenvalue weighted by Gasteiger charge is 2.10. The van der Waals surface area contributed by atoms with E-state index in [2.05, 4.69) is 10.3 Å². The number of nitriles is 1. The molecule has 25 heavy (non-hydrogen) atoms. The molecule has 1 aromatic heterocycles. The average Bonchev–Trinajstić information content (AvgIpc) is 3.04. The summed E-state index contributed by atoms with van der Waals surface area (Å²) in [4.78, 5) is 16.7. The second-order valence-electron chi connectivity index (χ2n) is 5.54. The third kappa shape index (κ3) is 4.24. The van der Waals surface area contributed by atoms with Gasteiger partial charge < -0.3 is 5.32 Å². The predicted molar refractivity (Wildman–Crippen MR) is 101 cm³/mol. The monoisotopic (exact) mass is 367 g/mol. The van der Waals surface area contributed by atoms with E-state index >= 15 is 0 Å². The fourth-order valence-electron chi connectivity index (χ4n) is 2.27. The van der Waals surface area contributed by atoms with E-state index in [1.165, 1.54) is 16.9 Å². The highest BCUT2D eigenvalue weighted by molar-refractivity contribution is 7.13. The number of amides is 1. The Labute approximate surface area is 154 Å². The molecule has 124 valence electrons. The minimum absolute atomic E-state index is 0.179. The van der Waals surface area contributed by atoms with Crippen LogP contribution in [0.4, 0.5) is 5.69 Å². The van der Waals surface area contributed by atoms with Gasteiger partial charge in [-0.1, -0.05) is 41.4 Å². The fourth-order valence-corrected chi connectivity index (χ4v) is 3.32. The van der Waals surface area contributed by atoms with Gasteiger partial charge in [0.2, 0.25) is 5.91 Å². The second-order valence-corrected chi connectivity index (χ2v) is 6.81. The van der Waals surface area contributed by atoms with Crippen LogP contribution in [-0.2, 0) is 11.2 Å². The lowest BCUT2D eigenvalue weighted by Gasteiger charge is -2.05. The molecule has 0 aliphatic carbocycles. The Kier molecular flexibility index (Phi) is 5.13. The zero-order valence-corrected chi connectivity index (χ0v) is 15.0.